The molecule has 0 unspecified atom stereocenters. The Morgan fingerprint density at radius 2 is 1.58 bits per heavy atom. The zero-order chi connectivity index (χ0) is 18.6. The summed E-state index contributed by atoms with van der Waals surface area (Å²) < 4.78 is 10.9. The minimum atomic E-state index is -0.309. The van der Waals surface area contributed by atoms with Crippen LogP contribution in [0.2, 0.25) is 0 Å². The number of ether oxygens (including phenoxy) is 2. The van der Waals surface area contributed by atoms with Crippen molar-refractivity contribution in [2.45, 2.75) is 19.3 Å². The van der Waals surface area contributed by atoms with Crippen LogP contribution in [0.5, 0.6) is 17.2 Å². The van der Waals surface area contributed by atoms with Crippen LogP contribution < -0.4 is 9.47 Å². The Hall–Kier alpha value is -3.19. The normalized spacial score (nSPS) is 13.8. The summed E-state index contributed by atoms with van der Waals surface area (Å²) in [6.07, 6.45) is 0. The largest absolute Gasteiger partial charge is 0.507 e. The molecule has 3 aromatic carbocycles. The van der Waals surface area contributed by atoms with Crippen LogP contribution >= 0.6 is 0 Å². The lowest BCUT2D eigenvalue weighted by molar-refractivity contribution is 0.355. The first-order valence-corrected chi connectivity index (χ1v) is 8.39. The van der Waals surface area contributed by atoms with E-state index in [1.165, 1.54) is 0 Å². The van der Waals surface area contributed by atoms with Gasteiger partial charge in [0.2, 0.25) is 0 Å². The first-order chi connectivity index (χ1) is 12.4. The second kappa shape index (κ2) is 5.40. The zero-order valence-electron chi connectivity index (χ0n) is 15.2. The molecule has 4 nitrogen and oxygen atoms in total. The summed E-state index contributed by atoms with van der Waals surface area (Å²) in [4.78, 5) is 0. The van der Waals surface area contributed by atoms with Crippen LogP contribution in [-0.4, -0.2) is 19.3 Å². The number of hydrogen-bond donors (Lipinski definition) is 1. The van der Waals surface area contributed by atoms with Crippen LogP contribution in [-0.2, 0) is 5.41 Å². The van der Waals surface area contributed by atoms with Gasteiger partial charge in [-0.15, -0.1) is 0 Å². The van der Waals surface area contributed by atoms with Crippen molar-refractivity contribution in [2.75, 3.05) is 14.2 Å². The number of phenols is 1. The fourth-order valence-corrected chi connectivity index (χ4v) is 4.01. The Bertz CT molecular complexity index is 1110. The Balaban J connectivity index is 2.16. The number of benzene rings is 3. The van der Waals surface area contributed by atoms with E-state index in [2.05, 4.69) is 19.9 Å². The summed E-state index contributed by atoms with van der Waals surface area (Å²) in [5, 5.41) is 21.6. The van der Waals surface area contributed by atoms with Crippen LogP contribution in [0, 0.1) is 11.3 Å². The molecule has 1 aliphatic carbocycles. The number of phenolic OH excluding ortho intramolecular Hbond substituents is 1. The zero-order valence-corrected chi connectivity index (χ0v) is 15.2. The predicted molar refractivity (Wildman–Crippen MR) is 101 cm³/mol. The number of hydrogen-bond acceptors (Lipinski definition) is 4. The number of fused-ring (bicyclic) bond motifs is 5. The van der Waals surface area contributed by atoms with Gasteiger partial charge in [0, 0.05) is 10.8 Å². The molecular formula is C22H19NO3. The minimum Gasteiger partial charge on any atom is -0.507 e. The van der Waals surface area contributed by atoms with E-state index in [9.17, 15) is 10.4 Å². The molecule has 3 aromatic rings. The van der Waals surface area contributed by atoms with Gasteiger partial charge in [-0.1, -0.05) is 19.9 Å². The van der Waals surface area contributed by atoms with Gasteiger partial charge in [-0.2, -0.15) is 5.26 Å². The second-order valence-corrected chi connectivity index (χ2v) is 7.07. The van der Waals surface area contributed by atoms with Gasteiger partial charge in [0.15, 0.2) is 11.5 Å². The van der Waals surface area contributed by atoms with Crippen molar-refractivity contribution >= 4 is 10.8 Å². The SMILES string of the molecule is COc1cc2c(O)cc3c(c2cc1OC)-c1ccc(C#N)cc1C3(C)C. The summed E-state index contributed by atoms with van der Waals surface area (Å²) in [5.74, 6) is 1.40. The number of rotatable bonds is 2. The van der Waals surface area contributed by atoms with E-state index in [4.69, 9.17) is 9.47 Å². The van der Waals surface area contributed by atoms with E-state index in [1.807, 2.05) is 30.3 Å². The maximum atomic E-state index is 10.7. The van der Waals surface area contributed by atoms with Crippen molar-refractivity contribution < 1.29 is 14.6 Å². The Morgan fingerprint density at radius 3 is 2.19 bits per heavy atom. The molecule has 1 aliphatic rings. The number of aromatic hydroxyl groups is 1. The molecule has 4 rings (SSSR count). The predicted octanol–water partition coefficient (Wildman–Crippen LogP) is 4.74. The smallest absolute Gasteiger partial charge is 0.161 e. The van der Waals surface area contributed by atoms with Gasteiger partial charge < -0.3 is 14.6 Å². The van der Waals surface area contributed by atoms with Gasteiger partial charge >= 0.3 is 0 Å². The number of nitriles is 1. The molecule has 0 saturated heterocycles. The third-order valence-corrected chi connectivity index (χ3v) is 5.38. The molecular weight excluding hydrogens is 326 g/mol. The fourth-order valence-electron chi connectivity index (χ4n) is 4.01. The van der Waals surface area contributed by atoms with Gasteiger partial charge in [0.1, 0.15) is 5.75 Å². The summed E-state index contributed by atoms with van der Waals surface area (Å²) in [6.45, 7) is 4.23. The molecule has 0 heterocycles. The molecule has 0 aromatic heterocycles. The van der Waals surface area contributed by atoms with Crippen molar-refractivity contribution in [1.29, 1.82) is 5.26 Å². The first-order valence-electron chi connectivity index (χ1n) is 8.39. The number of methoxy groups -OCH3 is 2. The lowest BCUT2D eigenvalue weighted by Crippen LogP contribution is -2.15. The van der Waals surface area contributed by atoms with Gasteiger partial charge in [0.05, 0.1) is 25.9 Å². The summed E-state index contributed by atoms with van der Waals surface area (Å²) in [7, 11) is 3.18. The molecule has 0 bridgehead atoms. The summed E-state index contributed by atoms with van der Waals surface area (Å²) in [5.41, 5.74) is 4.62. The highest BCUT2D eigenvalue weighted by atomic mass is 16.5. The van der Waals surface area contributed by atoms with Gasteiger partial charge in [-0.3, -0.25) is 0 Å². The van der Waals surface area contributed by atoms with E-state index in [-0.39, 0.29) is 11.2 Å². The van der Waals surface area contributed by atoms with Crippen molar-refractivity contribution in [3.63, 3.8) is 0 Å². The van der Waals surface area contributed by atoms with E-state index in [1.54, 1.807) is 20.3 Å². The van der Waals surface area contributed by atoms with Crippen LogP contribution in [0.1, 0.15) is 30.5 Å². The monoisotopic (exact) mass is 345 g/mol. The average molecular weight is 345 g/mol. The maximum Gasteiger partial charge on any atom is 0.161 e. The fraction of sp³-hybridized carbons (Fsp3) is 0.227. The molecule has 0 spiro atoms. The topological polar surface area (TPSA) is 62.5 Å². The molecule has 0 saturated carbocycles. The third kappa shape index (κ3) is 2.01. The van der Waals surface area contributed by atoms with Crippen molar-refractivity contribution in [3.8, 4) is 34.4 Å². The summed E-state index contributed by atoms with van der Waals surface area (Å²) >= 11 is 0. The lowest BCUT2D eigenvalue weighted by Gasteiger charge is -2.22. The van der Waals surface area contributed by atoms with Crippen molar-refractivity contribution in [3.05, 3.63) is 53.1 Å². The first kappa shape index (κ1) is 16.3. The quantitative estimate of drug-likeness (QED) is 0.728. The standard InChI is InChI=1S/C22H19NO3/c1-22(2)16-7-12(11-23)5-6-13(16)21-15-9-20(26-4)19(25-3)8-14(15)18(24)10-17(21)22/h5-10,24H,1-4H3. The Labute approximate surface area is 152 Å². The van der Waals surface area contributed by atoms with E-state index >= 15 is 0 Å². The molecule has 130 valence electrons. The van der Waals surface area contributed by atoms with Gasteiger partial charge in [-0.25, -0.2) is 0 Å². The van der Waals surface area contributed by atoms with Crippen LogP contribution in [0.15, 0.2) is 36.4 Å². The minimum absolute atomic E-state index is 0.209. The summed E-state index contributed by atoms with van der Waals surface area (Å²) in [6, 6.07) is 13.5. The molecule has 26 heavy (non-hydrogen) atoms. The van der Waals surface area contributed by atoms with Crippen LogP contribution in [0.25, 0.3) is 21.9 Å². The molecule has 0 atom stereocenters. The molecule has 4 heteroatoms. The highest BCUT2D eigenvalue weighted by Crippen LogP contribution is 2.54. The van der Waals surface area contributed by atoms with Crippen LogP contribution in [0.4, 0.5) is 0 Å². The molecule has 1 N–H and O–H groups in total. The number of nitrogens with zero attached hydrogens (tertiary/aromatic N) is 1. The Kier molecular flexibility index (Phi) is 3.38. The Morgan fingerprint density at radius 1 is 0.923 bits per heavy atom. The molecule has 0 amide bonds. The van der Waals surface area contributed by atoms with Gasteiger partial charge in [0.25, 0.3) is 0 Å². The van der Waals surface area contributed by atoms with Gasteiger partial charge in [-0.05, 0) is 58.0 Å². The highest BCUT2D eigenvalue weighted by molar-refractivity contribution is 6.06. The second-order valence-electron chi connectivity index (χ2n) is 7.07. The molecule has 0 aliphatic heterocycles. The third-order valence-electron chi connectivity index (χ3n) is 5.38. The maximum absolute atomic E-state index is 10.7. The molecule has 0 radical (unpaired) electrons. The van der Waals surface area contributed by atoms with Crippen molar-refractivity contribution in [1.82, 2.24) is 0 Å². The van der Waals surface area contributed by atoms with E-state index in [0.717, 1.165) is 33.0 Å². The van der Waals surface area contributed by atoms with E-state index < -0.39 is 0 Å². The average Bonchev–Trinajstić information content (AvgIpc) is 2.87. The van der Waals surface area contributed by atoms with E-state index in [0.29, 0.717) is 17.1 Å². The highest BCUT2D eigenvalue weighted by Gasteiger charge is 2.37. The van der Waals surface area contributed by atoms with Crippen molar-refractivity contribution in [2.24, 2.45) is 0 Å². The lowest BCUT2D eigenvalue weighted by atomic mass is 9.81. The van der Waals surface area contributed by atoms with Crippen LogP contribution in [0.3, 0.4) is 0 Å². The molecule has 0 fully saturated rings.